The van der Waals surface area contributed by atoms with Gasteiger partial charge in [0, 0.05) is 32.0 Å². The van der Waals surface area contributed by atoms with Gasteiger partial charge in [0.2, 0.25) is 5.91 Å². The number of hydrogen-bond acceptors (Lipinski definition) is 5. The molecule has 0 spiro atoms. The predicted octanol–water partition coefficient (Wildman–Crippen LogP) is 17.1. The molecule has 5 nitrogen and oxygen atoms in total. The van der Waals surface area contributed by atoms with Crippen LogP contribution in [-0.2, 0) is 19.0 Å². The highest BCUT2D eigenvalue weighted by atomic mass is 32.2. The van der Waals surface area contributed by atoms with Crippen LogP contribution in [0.3, 0.4) is 0 Å². The van der Waals surface area contributed by atoms with Crippen LogP contribution in [0, 0.1) is 0 Å². The zero-order valence-electron chi connectivity index (χ0n) is 44.5. The van der Waals surface area contributed by atoms with Gasteiger partial charge >= 0.3 is 6.09 Å². The first-order chi connectivity index (χ1) is 38.1. The normalized spacial score (nSPS) is 12.2. The second-order valence-electron chi connectivity index (χ2n) is 20.2. The molecule has 0 fully saturated rings. The van der Waals surface area contributed by atoms with Gasteiger partial charge in [0.1, 0.15) is 6.61 Å². The average molecular weight is 1060 g/mol. The van der Waals surface area contributed by atoms with Crippen LogP contribution in [0.5, 0.6) is 0 Å². The summed E-state index contributed by atoms with van der Waals surface area (Å²) in [5.74, 6) is 2.28. The van der Waals surface area contributed by atoms with Crippen molar-refractivity contribution in [3.05, 3.63) is 275 Å². The van der Waals surface area contributed by atoms with E-state index in [1.54, 1.807) is 0 Å². The molecule has 8 aromatic rings. The lowest BCUT2D eigenvalue weighted by molar-refractivity contribution is -0.131. The lowest BCUT2D eigenvalue weighted by atomic mass is 9.84. The number of carbonyl (C=O) groups is 2. The second kappa shape index (κ2) is 28.5. The van der Waals surface area contributed by atoms with Crippen molar-refractivity contribution in [2.75, 3.05) is 37.7 Å². The highest BCUT2D eigenvalue weighted by molar-refractivity contribution is 8.00. The Morgan fingerprint density at radius 3 is 1.12 bits per heavy atom. The molecule has 7 heteroatoms. The second-order valence-corrected chi connectivity index (χ2v) is 22.8. The summed E-state index contributed by atoms with van der Waals surface area (Å²) >= 11 is 4.06. The van der Waals surface area contributed by atoms with E-state index in [4.69, 9.17) is 4.74 Å². The molecular weight excluding hydrogens is 981 g/mol. The van der Waals surface area contributed by atoms with Gasteiger partial charge in [-0.15, -0.1) is 23.5 Å². The van der Waals surface area contributed by atoms with Gasteiger partial charge in [0.05, 0.1) is 9.49 Å². The fraction of sp³-hybridized carbons (Fsp3) is 0.286. The van der Waals surface area contributed by atoms with Crippen LogP contribution < -0.4 is 5.32 Å². The van der Waals surface area contributed by atoms with Crippen LogP contribution in [-0.4, -0.2) is 54.6 Å². The number of rotatable bonds is 29. The zero-order valence-corrected chi connectivity index (χ0v) is 46.2. The Balaban J connectivity index is 0.771. The maximum atomic E-state index is 14.1. The van der Waals surface area contributed by atoms with E-state index >= 15 is 0 Å². The Bertz CT molecular complexity index is 2630. The molecule has 2 amide bonds. The van der Waals surface area contributed by atoms with Crippen LogP contribution in [0.25, 0.3) is 11.1 Å². The molecule has 8 aromatic carbocycles. The Kier molecular flexibility index (Phi) is 20.4. The zero-order chi connectivity index (χ0) is 52.8. The number of unbranched alkanes of at least 4 members (excludes halogenated alkanes) is 7. The van der Waals surface area contributed by atoms with Crippen molar-refractivity contribution >= 4 is 35.5 Å². The molecule has 1 aliphatic carbocycles. The Hall–Kier alpha value is -6.80. The first-order valence-electron chi connectivity index (χ1n) is 28.1. The van der Waals surface area contributed by atoms with E-state index in [0.29, 0.717) is 25.8 Å². The van der Waals surface area contributed by atoms with E-state index in [0.717, 1.165) is 76.0 Å². The number of fused-ring (bicyclic) bond motifs is 3. The minimum absolute atomic E-state index is 0.0197. The highest BCUT2D eigenvalue weighted by Crippen LogP contribution is 2.50. The molecule has 1 aliphatic rings. The van der Waals surface area contributed by atoms with Gasteiger partial charge in [-0.25, -0.2) is 4.79 Å². The van der Waals surface area contributed by atoms with Crippen molar-refractivity contribution in [2.45, 2.75) is 86.0 Å². The SMILES string of the molecule is O=C(NCCCCC(=O)N(CCCCCCSC(c1ccccc1)(c1ccccc1)c1ccccc1)CCCCCCSC(c1ccccc1)(c1ccccc1)c1ccccc1)OCC1c2ccccc2-c2ccccc21. The molecule has 0 unspecified atom stereocenters. The number of hydrogen-bond donors (Lipinski definition) is 1. The largest absolute Gasteiger partial charge is 0.449 e. The monoisotopic (exact) mass is 1050 g/mol. The maximum absolute atomic E-state index is 14.1. The fourth-order valence-electron chi connectivity index (χ4n) is 11.3. The third-order valence-corrected chi connectivity index (χ3v) is 18.4. The lowest BCUT2D eigenvalue weighted by Gasteiger charge is -2.35. The minimum atomic E-state index is -0.409. The third kappa shape index (κ3) is 13.9. The van der Waals surface area contributed by atoms with Gasteiger partial charge in [0.25, 0.3) is 0 Å². The van der Waals surface area contributed by atoms with Gasteiger partial charge in [-0.05, 0) is 106 Å². The Morgan fingerprint density at radius 2 is 0.740 bits per heavy atom. The van der Waals surface area contributed by atoms with Crippen LogP contribution in [0.2, 0.25) is 0 Å². The highest BCUT2D eigenvalue weighted by Gasteiger charge is 2.38. The number of ether oxygens (including phenoxy) is 1. The lowest BCUT2D eigenvalue weighted by Crippen LogP contribution is -2.33. The molecule has 0 saturated carbocycles. The standard InChI is InChI=1S/C70H74N2O3S2/c73-67(49-27-28-50-71-68(74)75-55-66-64-47-25-23-45-62(64)63-46-24-26-48-65(63)66)72(51-29-1-3-31-53-76-69(56-33-11-5-12-34-56,57-35-13-6-14-36-57)58-37-15-7-16-38-58)52-30-2-4-32-54-77-70(59-39-17-8-18-40-59,60-41-19-9-20-42-60)61-43-21-10-22-44-61/h5-26,33-48,66H,1-4,27-32,49-55H2,(H,71,74). The summed E-state index contributed by atoms with van der Waals surface area (Å²) in [6, 6.07) is 82.5. The van der Waals surface area contributed by atoms with Crippen LogP contribution in [0.1, 0.15) is 121 Å². The molecule has 394 valence electrons. The molecule has 0 atom stereocenters. The molecule has 0 bridgehead atoms. The molecule has 9 rings (SSSR count). The van der Waals surface area contributed by atoms with Crippen molar-refractivity contribution in [2.24, 2.45) is 0 Å². The third-order valence-electron chi connectivity index (χ3n) is 15.1. The summed E-state index contributed by atoms with van der Waals surface area (Å²) in [7, 11) is 0. The van der Waals surface area contributed by atoms with Crippen molar-refractivity contribution in [1.29, 1.82) is 0 Å². The number of thioether (sulfide) groups is 2. The molecule has 1 N–H and O–H groups in total. The van der Waals surface area contributed by atoms with Crippen molar-refractivity contribution in [3.63, 3.8) is 0 Å². The number of alkyl carbamates (subject to hydrolysis) is 1. The molecule has 0 saturated heterocycles. The number of nitrogens with one attached hydrogen (secondary N) is 1. The molecule has 0 heterocycles. The van der Waals surface area contributed by atoms with Crippen molar-refractivity contribution in [3.8, 4) is 11.1 Å². The molecule has 77 heavy (non-hydrogen) atoms. The molecular formula is C70H74N2O3S2. The summed E-state index contributed by atoms with van der Waals surface area (Å²) in [4.78, 5) is 29.1. The number of amides is 2. The molecule has 0 radical (unpaired) electrons. The van der Waals surface area contributed by atoms with Gasteiger partial charge in [-0.3, -0.25) is 4.79 Å². The summed E-state index contributed by atoms with van der Waals surface area (Å²) in [5.41, 5.74) is 12.6. The maximum Gasteiger partial charge on any atom is 0.407 e. The van der Waals surface area contributed by atoms with Crippen LogP contribution in [0.15, 0.2) is 231 Å². The fourth-order valence-corrected chi connectivity index (χ4v) is 14.4. The topological polar surface area (TPSA) is 58.6 Å². The van der Waals surface area contributed by atoms with Crippen LogP contribution in [0.4, 0.5) is 4.79 Å². The summed E-state index contributed by atoms with van der Waals surface area (Å²) in [6.45, 7) is 2.31. The summed E-state index contributed by atoms with van der Waals surface area (Å²) in [5, 5.41) is 2.96. The molecule has 0 aromatic heterocycles. The van der Waals surface area contributed by atoms with Crippen molar-refractivity contribution < 1.29 is 14.3 Å². The smallest absolute Gasteiger partial charge is 0.407 e. The van der Waals surface area contributed by atoms with E-state index in [2.05, 4.69) is 229 Å². The minimum Gasteiger partial charge on any atom is -0.449 e. The summed E-state index contributed by atoms with van der Waals surface area (Å²) < 4.78 is 5.16. The number of carbonyl (C=O) groups excluding carboxylic acids is 2. The number of benzene rings is 8. The van der Waals surface area contributed by atoms with E-state index in [1.807, 2.05) is 35.7 Å². The number of nitrogens with zero attached hydrogens (tertiary/aromatic N) is 1. The van der Waals surface area contributed by atoms with Gasteiger partial charge in [-0.2, -0.15) is 0 Å². The van der Waals surface area contributed by atoms with Gasteiger partial charge < -0.3 is 15.0 Å². The first-order valence-corrected chi connectivity index (χ1v) is 30.0. The van der Waals surface area contributed by atoms with E-state index < -0.39 is 6.09 Å². The van der Waals surface area contributed by atoms with E-state index in [1.165, 1.54) is 55.6 Å². The average Bonchev–Trinajstić information content (AvgIpc) is 3.82. The van der Waals surface area contributed by atoms with E-state index in [9.17, 15) is 9.59 Å². The molecule has 0 aliphatic heterocycles. The Morgan fingerprint density at radius 1 is 0.403 bits per heavy atom. The predicted molar refractivity (Wildman–Crippen MR) is 324 cm³/mol. The summed E-state index contributed by atoms with van der Waals surface area (Å²) in [6.07, 6.45) is 10.0. The van der Waals surface area contributed by atoms with Gasteiger partial charge in [0.15, 0.2) is 0 Å². The quantitative estimate of drug-likeness (QED) is 0.0374. The Labute approximate surface area is 467 Å². The first kappa shape index (κ1) is 55.0. The van der Waals surface area contributed by atoms with Gasteiger partial charge in [-0.1, -0.05) is 256 Å². The van der Waals surface area contributed by atoms with E-state index in [-0.39, 0.29) is 27.9 Å². The van der Waals surface area contributed by atoms with Crippen molar-refractivity contribution in [1.82, 2.24) is 10.2 Å². The van der Waals surface area contributed by atoms with Crippen LogP contribution >= 0.6 is 23.5 Å².